The van der Waals surface area contributed by atoms with Crippen molar-refractivity contribution >= 4 is 17.3 Å². The van der Waals surface area contributed by atoms with Gasteiger partial charge >= 0.3 is 5.97 Å². The number of carbonyl (C=O) groups is 1. The van der Waals surface area contributed by atoms with Crippen LogP contribution in [0.3, 0.4) is 0 Å². The Hall–Kier alpha value is -1.75. The number of rotatable bonds is 3. The number of nitrogens with zero attached hydrogens (tertiary/aromatic N) is 1. The molecule has 98 valence electrons. The lowest BCUT2D eigenvalue weighted by atomic mass is 10.1. The first-order valence-electron chi connectivity index (χ1n) is 6.06. The lowest BCUT2D eigenvalue weighted by Crippen LogP contribution is -1.97. The normalized spacial score (nSPS) is 14.6. The van der Waals surface area contributed by atoms with Crippen molar-refractivity contribution in [2.24, 2.45) is 0 Å². The molecular formula is C14H12FNO2S. The molecule has 0 saturated heterocycles. The third-order valence-corrected chi connectivity index (χ3v) is 4.21. The van der Waals surface area contributed by atoms with Crippen molar-refractivity contribution < 1.29 is 14.3 Å². The molecule has 3 nitrogen and oxygen atoms in total. The zero-order valence-corrected chi connectivity index (χ0v) is 11.1. The number of hydrogen-bond acceptors (Lipinski definition) is 3. The minimum absolute atomic E-state index is 0.269. The van der Waals surface area contributed by atoms with E-state index in [0.717, 1.165) is 29.7 Å². The second kappa shape index (κ2) is 4.42. The predicted octanol–water partition coefficient (Wildman–Crippen LogP) is 3.83. The van der Waals surface area contributed by atoms with Crippen LogP contribution in [0.2, 0.25) is 0 Å². The Balaban J connectivity index is 2.09. The molecule has 1 N–H and O–H groups in total. The highest BCUT2D eigenvalue weighted by Crippen LogP contribution is 2.44. The Morgan fingerprint density at radius 2 is 2.16 bits per heavy atom. The first-order chi connectivity index (χ1) is 9.04. The standard InChI is InChI=1S/C14H12FNO2S/c1-7-4-9(6-10(15)5-7)13-16-11(8-2-3-8)12(19-13)14(17)18/h4-6,8H,2-3H2,1H3,(H,17,18). The summed E-state index contributed by atoms with van der Waals surface area (Å²) in [5, 5.41) is 9.79. The Bertz CT molecular complexity index is 641. The van der Waals surface area contributed by atoms with Crippen molar-refractivity contribution in [3.63, 3.8) is 0 Å². The molecule has 0 atom stereocenters. The van der Waals surface area contributed by atoms with Crippen LogP contribution >= 0.6 is 11.3 Å². The number of aromatic nitrogens is 1. The van der Waals surface area contributed by atoms with Gasteiger partial charge in [0, 0.05) is 11.5 Å². The van der Waals surface area contributed by atoms with E-state index in [9.17, 15) is 14.3 Å². The zero-order valence-electron chi connectivity index (χ0n) is 10.3. The Morgan fingerprint density at radius 1 is 1.42 bits per heavy atom. The molecule has 3 rings (SSSR count). The second-order valence-corrected chi connectivity index (χ2v) is 5.83. The summed E-state index contributed by atoms with van der Waals surface area (Å²) in [5.74, 6) is -1.00. The van der Waals surface area contributed by atoms with Gasteiger partial charge < -0.3 is 5.11 Å². The van der Waals surface area contributed by atoms with Gasteiger partial charge in [-0.1, -0.05) is 0 Å². The summed E-state index contributed by atoms with van der Waals surface area (Å²) < 4.78 is 13.4. The minimum atomic E-state index is -0.946. The van der Waals surface area contributed by atoms with Crippen LogP contribution in [0.4, 0.5) is 4.39 Å². The molecule has 5 heteroatoms. The highest BCUT2D eigenvalue weighted by atomic mass is 32.1. The van der Waals surface area contributed by atoms with Gasteiger partial charge in [-0.05, 0) is 43.5 Å². The molecule has 1 fully saturated rings. The number of aryl methyl sites for hydroxylation is 1. The molecule has 1 saturated carbocycles. The molecule has 0 unspecified atom stereocenters. The van der Waals surface area contributed by atoms with E-state index in [1.54, 1.807) is 6.92 Å². The number of thiazole rings is 1. The summed E-state index contributed by atoms with van der Waals surface area (Å²) in [6.07, 6.45) is 1.98. The van der Waals surface area contributed by atoms with Crippen molar-refractivity contribution in [2.75, 3.05) is 0 Å². The van der Waals surface area contributed by atoms with Crippen LogP contribution in [-0.4, -0.2) is 16.1 Å². The molecule has 1 aliphatic carbocycles. The van der Waals surface area contributed by atoms with Gasteiger partial charge in [0.25, 0.3) is 0 Å². The van der Waals surface area contributed by atoms with Crippen molar-refractivity contribution in [3.05, 3.63) is 40.2 Å². The topological polar surface area (TPSA) is 50.2 Å². The summed E-state index contributed by atoms with van der Waals surface area (Å²) in [6.45, 7) is 1.81. The van der Waals surface area contributed by atoms with Crippen molar-refractivity contribution in [2.45, 2.75) is 25.7 Å². The van der Waals surface area contributed by atoms with Crippen molar-refractivity contribution in [1.29, 1.82) is 0 Å². The average molecular weight is 277 g/mol. The van der Waals surface area contributed by atoms with E-state index in [4.69, 9.17) is 0 Å². The lowest BCUT2D eigenvalue weighted by Gasteiger charge is -1.99. The van der Waals surface area contributed by atoms with Crippen LogP contribution in [0.1, 0.15) is 39.7 Å². The molecule has 0 radical (unpaired) electrons. The summed E-state index contributed by atoms with van der Waals surface area (Å²) in [5.41, 5.74) is 2.11. The SMILES string of the molecule is Cc1cc(F)cc(-c2nc(C3CC3)c(C(=O)O)s2)c1. The maximum atomic E-state index is 13.4. The molecule has 0 aliphatic heterocycles. The molecule has 19 heavy (non-hydrogen) atoms. The van der Waals surface area contributed by atoms with Crippen LogP contribution in [0.15, 0.2) is 18.2 Å². The van der Waals surface area contributed by atoms with Crippen LogP contribution < -0.4 is 0 Å². The average Bonchev–Trinajstić information content (AvgIpc) is 3.06. The van der Waals surface area contributed by atoms with Crippen LogP contribution in [0.5, 0.6) is 0 Å². The van der Waals surface area contributed by atoms with Gasteiger partial charge in [0.2, 0.25) is 0 Å². The molecule has 1 heterocycles. The monoisotopic (exact) mass is 277 g/mol. The maximum Gasteiger partial charge on any atom is 0.347 e. The predicted molar refractivity (Wildman–Crippen MR) is 71.2 cm³/mol. The molecule has 0 amide bonds. The van der Waals surface area contributed by atoms with E-state index in [2.05, 4.69) is 4.98 Å². The van der Waals surface area contributed by atoms with Gasteiger partial charge in [0.05, 0.1) is 5.69 Å². The third-order valence-electron chi connectivity index (χ3n) is 3.10. The van der Waals surface area contributed by atoms with Gasteiger partial charge in [0.1, 0.15) is 15.7 Å². The summed E-state index contributed by atoms with van der Waals surface area (Å²) >= 11 is 1.13. The van der Waals surface area contributed by atoms with E-state index in [1.807, 2.05) is 6.07 Å². The van der Waals surface area contributed by atoms with Crippen molar-refractivity contribution in [3.8, 4) is 10.6 Å². The number of halogens is 1. The molecule has 1 aliphatic rings. The largest absolute Gasteiger partial charge is 0.477 e. The Kier molecular flexibility index (Phi) is 2.86. The first kappa shape index (κ1) is 12.3. The van der Waals surface area contributed by atoms with Gasteiger partial charge in [-0.2, -0.15) is 0 Å². The van der Waals surface area contributed by atoms with E-state index in [1.165, 1.54) is 12.1 Å². The third kappa shape index (κ3) is 2.38. The maximum absolute atomic E-state index is 13.4. The Labute approximate surface area is 113 Å². The molecule has 1 aromatic heterocycles. The number of aromatic carboxylic acids is 1. The number of carboxylic acid groups (broad SMARTS) is 1. The molecular weight excluding hydrogens is 265 g/mol. The van der Waals surface area contributed by atoms with E-state index in [0.29, 0.717) is 21.1 Å². The second-order valence-electron chi connectivity index (χ2n) is 4.83. The van der Waals surface area contributed by atoms with Crippen LogP contribution in [0, 0.1) is 12.7 Å². The molecule has 0 bridgehead atoms. The van der Waals surface area contributed by atoms with Gasteiger partial charge in [-0.3, -0.25) is 0 Å². The highest BCUT2D eigenvalue weighted by molar-refractivity contribution is 7.17. The molecule has 0 spiro atoms. The smallest absolute Gasteiger partial charge is 0.347 e. The first-order valence-corrected chi connectivity index (χ1v) is 6.88. The molecule has 1 aromatic carbocycles. The lowest BCUT2D eigenvalue weighted by molar-refractivity contribution is 0.0700. The van der Waals surface area contributed by atoms with E-state index >= 15 is 0 Å². The minimum Gasteiger partial charge on any atom is -0.477 e. The quantitative estimate of drug-likeness (QED) is 0.927. The fraction of sp³-hybridized carbons (Fsp3) is 0.286. The number of carboxylic acids is 1. The fourth-order valence-corrected chi connectivity index (χ4v) is 3.08. The van der Waals surface area contributed by atoms with E-state index in [-0.39, 0.29) is 11.7 Å². The summed E-state index contributed by atoms with van der Waals surface area (Å²) in [4.78, 5) is 15.9. The summed E-state index contributed by atoms with van der Waals surface area (Å²) in [7, 11) is 0. The summed E-state index contributed by atoms with van der Waals surface area (Å²) in [6, 6.07) is 4.66. The highest BCUT2D eigenvalue weighted by Gasteiger charge is 2.32. The van der Waals surface area contributed by atoms with Crippen LogP contribution in [0.25, 0.3) is 10.6 Å². The number of benzene rings is 1. The fourth-order valence-electron chi connectivity index (χ4n) is 2.10. The van der Waals surface area contributed by atoms with Crippen LogP contribution in [-0.2, 0) is 0 Å². The number of hydrogen-bond donors (Lipinski definition) is 1. The zero-order chi connectivity index (χ0) is 13.6. The Morgan fingerprint density at radius 3 is 2.74 bits per heavy atom. The molecule has 2 aromatic rings. The van der Waals surface area contributed by atoms with Crippen molar-refractivity contribution in [1.82, 2.24) is 4.98 Å². The van der Waals surface area contributed by atoms with Gasteiger partial charge in [0.15, 0.2) is 0 Å². The van der Waals surface area contributed by atoms with Gasteiger partial charge in [-0.25, -0.2) is 14.2 Å². The van der Waals surface area contributed by atoms with Gasteiger partial charge in [-0.15, -0.1) is 11.3 Å². The van der Waals surface area contributed by atoms with E-state index < -0.39 is 5.97 Å².